The van der Waals surface area contributed by atoms with Crippen molar-refractivity contribution >= 4 is 34.3 Å². The van der Waals surface area contributed by atoms with E-state index in [2.05, 4.69) is 36.1 Å². The van der Waals surface area contributed by atoms with Crippen LogP contribution in [0.5, 0.6) is 0 Å². The van der Waals surface area contributed by atoms with Gasteiger partial charge in [0.25, 0.3) is 11.5 Å². The molecule has 1 atom stereocenters. The summed E-state index contributed by atoms with van der Waals surface area (Å²) in [5, 5.41) is 3.69. The maximum absolute atomic E-state index is 13.2. The Morgan fingerprint density at radius 2 is 1.82 bits per heavy atom. The van der Waals surface area contributed by atoms with Crippen molar-refractivity contribution < 1.29 is 9.59 Å². The van der Waals surface area contributed by atoms with E-state index in [4.69, 9.17) is 11.6 Å². The number of carbonyl (C=O) groups excluding carboxylic acids is 2. The molecular formula is C26H31ClN4O3. The van der Waals surface area contributed by atoms with Crippen molar-refractivity contribution in [2.24, 2.45) is 0 Å². The van der Waals surface area contributed by atoms with E-state index in [1.54, 1.807) is 42.2 Å². The standard InChI is InChI=1S/C26H31ClN4O3/c1-6-13-31(15-22-29-21-14-19(27)11-12-20(21)24(33)30-22)25(34)16(2)28-23(32)17-7-9-18(10-8-17)26(3,4)5/h7-12,14,16H,6,13,15H2,1-5H3,(H,28,32)(H,29,30,33). The Hall–Kier alpha value is -3.19. The molecule has 0 radical (unpaired) electrons. The number of hydrogen-bond donors (Lipinski definition) is 2. The highest BCUT2D eigenvalue weighted by Gasteiger charge is 2.23. The Morgan fingerprint density at radius 3 is 2.44 bits per heavy atom. The normalized spacial score (nSPS) is 12.4. The van der Waals surface area contributed by atoms with E-state index < -0.39 is 6.04 Å². The summed E-state index contributed by atoms with van der Waals surface area (Å²) in [6.45, 7) is 10.5. The molecule has 1 heterocycles. The van der Waals surface area contributed by atoms with Crippen LogP contribution in [0, 0.1) is 0 Å². The summed E-state index contributed by atoms with van der Waals surface area (Å²) < 4.78 is 0. The SMILES string of the molecule is CCCN(Cc1nc2cc(Cl)ccc2c(=O)[nH]1)C(=O)C(C)NC(=O)c1ccc(C(C)(C)C)cc1. The van der Waals surface area contributed by atoms with Gasteiger partial charge >= 0.3 is 0 Å². The Morgan fingerprint density at radius 1 is 1.15 bits per heavy atom. The quantitative estimate of drug-likeness (QED) is 0.520. The maximum Gasteiger partial charge on any atom is 0.258 e. The molecule has 3 rings (SSSR count). The number of fused-ring (bicyclic) bond motifs is 1. The first-order valence-corrected chi connectivity index (χ1v) is 11.8. The molecule has 2 aromatic carbocycles. The highest BCUT2D eigenvalue weighted by Crippen LogP contribution is 2.22. The molecule has 3 aromatic rings. The van der Waals surface area contributed by atoms with Gasteiger partial charge in [0.2, 0.25) is 5.91 Å². The first-order valence-electron chi connectivity index (χ1n) is 11.4. The van der Waals surface area contributed by atoms with Gasteiger partial charge in [0.15, 0.2) is 0 Å². The molecule has 1 unspecified atom stereocenters. The lowest BCUT2D eigenvalue weighted by Gasteiger charge is -2.25. The van der Waals surface area contributed by atoms with Crippen molar-refractivity contribution in [3.05, 3.63) is 74.8 Å². The molecule has 0 aliphatic carbocycles. The van der Waals surface area contributed by atoms with Crippen LogP contribution < -0.4 is 10.9 Å². The van der Waals surface area contributed by atoms with E-state index in [0.29, 0.717) is 40.3 Å². The highest BCUT2D eigenvalue weighted by atomic mass is 35.5. The van der Waals surface area contributed by atoms with Gasteiger partial charge in [0, 0.05) is 17.1 Å². The molecule has 0 aliphatic heterocycles. The molecule has 0 spiro atoms. The average Bonchev–Trinajstić information content (AvgIpc) is 2.77. The van der Waals surface area contributed by atoms with Gasteiger partial charge in [-0.25, -0.2) is 4.98 Å². The third-order valence-electron chi connectivity index (χ3n) is 5.59. The Kier molecular flexibility index (Phi) is 7.77. The minimum atomic E-state index is -0.747. The van der Waals surface area contributed by atoms with Crippen LogP contribution in [0.1, 0.15) is 62.8 Å². The second kappa shape index (κ2) is 10.4. The fourth-order valence-corrected chi connectivity index (χ4v) is 3.86. The zero-order valence-electron chi connectivity index (χ0n) is 20.2. The third-order valence-corrected chi connectivity index (χ3v) is 5.83. The van der Waals surface area contributed by atoms with Gasteiger partial charge in [-0.3, -0.25) is 14.4 Å². The molecule has 8 heteroatoms. The van der Waals surface area contributed by atoms with E-state index in [1.807, 2.05) is 19.1 Å². The maximum atomic E-state index is 13.2. The average molecular weight is 483 g/mol. The van der Waals surface area contributed by atoms with Gasteiger partial charge in [-0.1, -0.05) is 51.4 Å². The fourth-order valence-electron chi connectivity index (χ4n) is 3.69. The first-order chi connectivity index (χ1) is 16.0. The smallest absolute Gasteiger partial charge is 0.258 e. The van der Waals surface area contributed by atoms with Crippen molar-refractivity contribution in [1.29, 1.82) is 0 Å². The lowest BCUT2D eigenvalue weighted by molar-refractivity contribution is -0.133. The van der Waals surface area contributed by atoms with Gasteiger partial charge in [-0.15, -0.1) is 0 Å². The predicted octanol–water partition coefficient (Wildman–Crippen LogP) is 4.43. The zero-order chi connectivity index (χ0) is 25.0. The number of nitrogens with zero attached hydrogens (tertiary/aromatic N) is 2. The van der Waals surface area contributed by atoms with Crippen molar-refractivity contribution in [2.75, 3.05) is 6.54 Å². The molecule has 0 saturated carbocycles. The summed E-state index contributed by atoms with van der Waals surface area (Å²) in [6.07, 6.45) is 0.713. The number of amides is 2. The highest BCUT2D eigenvalue weighted by molar-refractivity contribution is 6.31. The largest absolute Gasteiger partial charge is 0.341 e. The second-order valence-corrected chi connectivity index (χ2v) is 9.89. The number of nitrogens with one attached hydrogen (secondary N) is 2. The summed E-state index contributed by atoms with van der Waals surface area (Å²) in [6, 6.07) is 11.5. The molecule has 1 aromatic heterocycles. The monoisotopic (exact) mass is 482 g/mol. The van der Waals surface area contributed by atoms with Crippen LogP contribution in [0.25, 0.3) is 10.9 Å². The van der Waals surface area contributed by atoms with E-state index >= 15 is 0 Å². The van der Waals surface area contributed by atoms with E-state index in [-0.39, 0.29) is 29.3 Å². The molecule has 34 heavy (non-hydrogen) atoms. The topological polar surface area (TPSA) is 95.2 Å². The van der Waals surface area contributed by atoms with Crippen LogP contribution in [0.3, 0.4) is 0 Å². The van der Waals surface area contributed by atoms with Gasteiger partial charge in [0.05, 0.1) is 17.4 Å². The molecule has 0 bridgehead atoms. The molecule has 0 aliphatic rings. The zero-order valence-corrected chi connectivity index (χ0v) is 21.0. The summed E-state index contributed by atoms with van der Waals surface area (Å²) in [5.41, 5.74) is 1.78. The van der Waals surface area contributed by atoms with Crippen LogP contribution in [-0.2, 0) is 16.8 Å². The fraction of sp³-hybridized carbons (Fsp3) is 0.385. The molecule has 180 valence electrons. The van der Waals surface area contributed by atoms with Crippen LogP contribution in [-0.4, -0.2) is 39.3 Å². The van der Waals surface area contributed by atoms with Gasteiger partial charge in [-0.2, -0.15) is 0 Å². The predicted molar refractivity (Wildman–Crippen MR) is 135 cm³/mol. The van der Waals surface area contributed by atoms with Crippen LogP contribution >= 0.6 is 11.6 Å². The summed E-state index contributed by atoms with van der Waals surface area (Å²) in [5.74, 6) is -0.210. The number of aromatic nitrogens is 2. The van der Waals surface area contributed by atoms with E-state index in [1.165, 1.54) is 0 Å². The van der Waals surface area contributed by atoms with Crippen molar-refractivity contribution in [2.45, 2.75) is 59.0 Å². The van der Waals surface area contributed by atoms with Crippen molar-refractivity contribution in [1.82, 2.24) is 20.2 Å². The first kappa shape index (κ1) is 25.4. The number of H-pyrrole nitrogens is 1. The minimum absolute atomic E-state index is 0.0119. The van der Waals surface area contributed by atoms with E-state index in [9.17, 15) is 14.4 Å². The number of rotatable bonds is 7. The minimum Gasteiger partial charge on any atom is -0.341 e. The second-order valence-electron chi connectivity index (χ2n) is 9.46. The molecule has 2 amide bonds. The summed E-state index contributed by atoms with van der Waals surface area (Å²) in [4.78, 5) is 47.1. The van der Waals surface area contributed by atoms with Gasteiger partial charge in [-0.05, 0) is 54.7 Å². The number of aromatic amines is 1. The van der Waals surface area contributed by atoms with E-state index in [0.717, 1.165) is 5.56 Å². The number of halogens is 1. The number of benzene rings is 2. The lowest BCUT2D eigenvalue weighted by Crippen LogP contribution is -2.47. The Labute approximate surface area is 204 Å². The Balaban J connectivity index is 1.74. The van der Waals surface area contributed by atoms with Crippen molar-refractivity contribution in [3.63, 3.8) is 0 Å². The lowest BCUT2D eigenvalue weighted by atomic mass is 9.86. The summed E-state index contributed by atoms with van der Waals surface area (Å²) in [7, 11) is 0. The van der Waals surface area contributed by atoms with Crippen LogP contribution in [0.2, 0.25) is 5.02 Å². The molecular weight excluding hydrogens is 452 g/mol. The molecule has 7 nitrogen and oxygen atoms in total. The third kappa shape index (κ3) is 6.03. The van der Waals surface area contributed by atoms with Crippen LogP contribution in [0.4, 0.5) is 0 Å². The summed E-state index contributed by atoms with van der Waals surface area (Å²) >= 11 is 6.04. The van der Waals surface area contributed by atoms with Crippen LogP contribution in [0.15, 0.2) is 47.3 Å². The molecule has 2 N–H and O–H groups in total. The van der Waals surface area contributed by atoms with Gasteiger partial charge < -0.3 is 15.2 Å². The molecule has 0 saturated heterocycles. The Bertz CT molecular complexity index is 1250. The number of carbonyl (C=O) groups is 2. The van der Waals surface area contributed by atoms with Gasteiger partial charge in [0.1, 0.15) is 11.9 Å². The van der Waals surface area contributed by atoms with Crippen molar-refractivity contribution in [3.8, 4) is 0 Å². The number of hydrogen-bond acceptors (Lipinski definition) is 4. The molecule has 0 fully saturated rings.